The highest BCUT2D eigenvalue weighted by atomic mass is 79.9. The molecule has 78 valence electrons. The first kappa shape index (κ1) is 10.7. The van der Waals surface area contributed by atoms with Gasteiger partial charge in [0.2, 0.25) is 0 Å². The SMILES string of the molecule is Cc1cccc(Cl)c1-c1cc(CBr)on1. The van der Waals surface area contributed by atoms with E-state index in [1.165, 1.54) is 0 Å². The van der Waals surface area contributed by atoms with Gasteiger partial charge in [-0.15, -0.1) is 0 Å². The summed E-state index contributed by atoms with van der Waals surface area (Å²) < 4.78 is 5.12. The van der Waals surface area contributed by atoms with Gasteiger partial charge in [-0.25, -0.2) is 0 Å². The first-order valence-corrected chi connectivity index (χ1v) is 5.99. The fraction of sp³-hybridized carbons (Fsp3) is 0.182. The van der Waals surface area contributed by atoms with E-state index in [-0.39, 0.29) is 0 Å². The fourth-order valence-corrected chi connectivity index (χ4v) is 2.03. The van der Waals surface area contributed by atoms with Gasteiger partial charge in [0.05, 0.1) is 10.4 Å². The van der Waals surface area contributed by atoms with Crippen LogP contribution in [0.2, 0.25) is 5.02 Å². The topological polar surface area (TPSA) is 26.0 Å². The van der Waals surface area contributed by atoms with Crippen LogP contribution >= 0.6 is 27.5 Å². The fourth-order valence-electron chi connectivity index (χ4n) is 1.45. The second kappa shape index (κ2) is 4.37. The van der Waals surface area contributed by atoms with Crippen molar-refractivity contribution in [2.75, 3.05) is 0 Å². The van der Waals surface area contributed by atoms with Crippen LogP contribution in [0.5, 0.6) is 0 Å². The molecule has 1 aromatic heterocycles. The Hall–Kier alpha value is -0.800. The van der Waals surface area contributed by atoms with Gasteiger partial charge < -0.3 is 4.52 Å². The second-order valence-electron chi connectivity index (χ2n) is 3.24. The molecule has 0 fully saturated rings. The smallest absolute Gasteiger partial charge is 0.147 e. The molecule has 0 aliphatic rings. The van der Waals surface area contributed by atoms with E-state index in [0.29, 0.717) is 10.4 Å². The lowest BCUT2D eigenvalue weighted by Crippen LogP contribution is -1.83. The Kier molecular flexibility index (Phi) is 3.12. The Morgan fingerprint density at radius 3 is 2.87 bits per heavy atom. The van der Waals surface area contributed by atoms with Gasteiger partial charge in [-0.3, -0.25) is 0 Å². The van der Waals surface area contributed by atoms with Crippen molar-refractivity contribution in [2.45, 2.75) is 12.3 Å². The van der Waals surface area contributed by atoms with Gasteiger partial charge in [0.1, 0.15) is 11.5 Å². The van der Waals surface area contributed by atoms with Crippen molar-refractivity contribution in [1.82, 2.24) is 5.16 Å². The normalized spacial score (nSPS) is 10.6. The molecule has 2 rings (SSSR count). The lowest BCUT2D eigenvalue weighted by Gasteiger charge is -2.03. The number of halogens is 2. The maximum absolute atomic E-state index is 6.12. The molecule has 0 bridgehead atoms. The zero-order chi connectivity index (χ0) is 10.8. The number of aryl methyl sites for hydroxylation is 1. The van der Waals surface area contributed by atoms with Crippen molar-refractivity contribution in [3.8, 4) is 11.3 Å². The number of benzene rings is 1. The van der Waals surface area contributed by atoms with E-state index in [0.717, 1.165) is 22.6 Å². The average molecular weight is 287 g/mol. The molecule has 2 nitrogen and oxygen atoms in total. The molecule has 15 heavy (non-hydrogen) atoms. The molecule has 0 N–H and O–H groups in total. The molecule has 1 heterocycles. The van der Waals surface area contributed by atoms with Crippen molar-refractivity contribution in [1.29, 1.82) is 0 Å². The predicted molar refractivity (Wildman–Crippen MR) is 64.3 cm³/mol. The van der Waals surface area contributed by atoms with Crippen LogP contribution in [-0.2, 0) is 5.33 Å². The molecule has 0 atom stereocenters. The van der Waals surface area contributed by atoms with Crippen molar-refractivity contribution in [3.05, 3.63) is 40.6 Å². The van der Waals surface area contributed by atoms with Crippen molar-refractivity contribution in [3.63, 3.8) is 0 Å². The van der Waals surface area contributed by atoms with Gasteiger partial charge in [-0.2, -0.15) is 0 Å². The summed E-state index contributed by atoms with van der Waals surface area (Å²) in [6.07, 6.45) is 0. The molecular weight excluding hydrogens is 277 g/mol. The molecule has 0 saturated heterocycles. The highest BCUT2D eigenvalue weighted by Crippen LogP contribution is 2.30. The maximum Gasteiger partial charge on any atom is 0.147 e. The minimum Gasteiger partial charge on any atom is -0.360 e. The van der Waals surface area contributed by atoms with Crippen LogP contribution in [0, 0.1) is 6.92 Å². The number of hydrogen-bond donors (Lipinski definition) is 0. The van der Waals surface area contributed by atoms with Crippen molar-refractivity contribution in [2.24, 2.45) is 0 Å². The molecule has 1 aromatic carbocycles. The van der Waals surface area contributed by atoms with Gasteiger partial charge in [-0.1, -0.05) is 44.8 Å². The van der Waals surface area contributed by atoms with Gasteiger partial charge in [0, 0.05) is 11.6 Å². The first-order chi connectivity index (χ1) is 7.22. The highest BCUT2D eigenvalue weighted by molar-refractivity contribution is 9.08. The van der Waals surface area contributed by atoms with E-state index in [2.05, 4.69) is 21.1 Å². The van der Waals surface area contributed by atoms with Crippen LogP contribution in [0.15, 0.2) is 28.8 Å². The van der Waals surface area contributed by atoms with Gasteiger partial charge in [-0.05, 0) is 18.6 Å². The van der Waals surface area contributed by atoms with Crippen LogP contribution in [0.1, 0.15) is 11.3 Å². The lowest BCUT2D eigenvalue weighted by molar-refractivity contribution is 0.398. The van der Waals surface area contributed by atoms with Crippen LogP contribution in [-0.4, -0.2) is 5.16 Å². The minimum atomic E-state index is 0.656. The number of hydrogen-bond acceptors (Lipinski definition) is 2. The Labute approximate surface area is 101 Å². The van der Waals surface area contributed by atoms with Crippen LogP contribution in [0.25, 0.3) is 11.3 Å². The summed E-state index contributed by atoms with van der Waals surface area (Å²) in [6.45, 7) is 2.00. The Balaban J connectivity index is 2.53. The third kappa shape index (κ3) is 2.08. The standard InChI is InChI=1S/C11H9BrClNO/c1-7-3-2-4-9(13)11(7)10-5-8(6-12)15-14-10/h2-5H,6H2,1H3. The van der Waals surface area contributed by atoms with Gasteiger partial charge in [0.15, 0.2) is 0 Å². The summed E-state index contributed by atoms with van der Waals surface area (Å²) in [5, 5.41) is 5.34. The quantitative estimate of drug-likeness (QED) is 0.773. The van der Waals surface area contributed by atoms with Crippen LogP contribution < -0.4 is 0 Å². The summed E-state index contributed by atoms with van der Waals surface area (Å²) >= 11 is 9.44. The molecule has 2 aromatic rings. The molecule has 0 amide bonds. The zero-order valence-electron chi connectivity index (χ0n) is 8.13. The predicted octanol–water partition coefficient (Wildman–Crippen LogP) is 4.20. The average Bonchev–Trinajstić information content (AvgIpc) is 2.66. The van der Waals surface area contributed by atoms with E-state index >= 15 is 0 Å². The van der Waals surface area contributed by atoms with Gasteiger partial charge in [0.25, 0.3) is 0 Å². The second-order valence-corrected chi connectivity index (χ2v) is 4.21. The van der Waals surface area contributed by atoms with Crippen molar-refractivity contribution < 1.29 is 4.52 Å². The maximum atomic E-state index is 6.12. The number of rotatable bonds is 2. The molecule has 0 aliphatic carbocycles. The number of alkyl halides is 1. The van der Waals surface area contributed by atoms with Gasteiger partial charge >= 0.3 is 0 Å². The van der Waals surface area contributed by atoms with E-state index in [4.69, 9.17) is 16.1 Å². The molecule has 0 radical (unpaired) electrons. The van der Waals surface area contributed by atoms with E-state index in [1.54, 1.807) is 0 Å². The monoisotopic (exact) mass is 285 g/mol. The van der Waals surface area contributed by atoms with Crippen LogP contribution in [0.3, 0.4) is 0 Å². The Morgan fingerprint density at radius 2 is 2.27 bits per heavy atom. The zero-order valence-corrected chi connectivity index (χ0v) is 10.5. The largest absolute Gasteiger partial charge is 0.360 e. The van der Waals surface area contributed by atoms with E-state index in [1.807, 2.05) is 31.2 Å². The summed E-state index contributed by atoms with van der Waals surface area (Å²) in [7, 11) is 0. The van der Waals surface area contributed by atoms with E-state index in [9.17, 15) is 0 Å². The first-order valence-electron chi connectivity index (χ1n) is 4.49. The molecule has 4 heteroatoms. The number of nitrogens with zero attached hydrogens (tertiary/aromatic N) is 1. The summed E-state index contributed by atoms with van der Waals surface area (Å²) in [6, 6.07) is 7.67. The highest BCUT2D eigenvalue weighted by Gasteiger charge is 2.11. The lowest BCUT2D eigenvalue weighted by atomic mass is 10.1. The molecule has 0 unspecified atom stereocenters. The van der Waals surface area contributed by atoms with E-state index < -0.39 is 0 Å². The summed E-state index contributed by atoms with van der Waals surface area (Å²) in [4.78, 5) is 0. The van der Waals surface area contributed by atoms with Crippen molar-refractivity contribution >= 4 is 27.5 Å². The minimum absolute atomic E-state index is 0.656. The number of aromatic nitrogens is 1. The Bertz CT molecular complexity index is 461. The van der Waals surface area contributed by atoms with Crippen LogP contribution in [0.4, 0.5) is 0 Å². The Morgan fingerprint density at radius 1 is 1.47 bits per heavy atom. The molecule has 0 saturated carbocycles. The summed E-state index contributed by atoms with van der Waals surface area (Å²) in [5.74, 6) is 0.796. The third-order valence-electron chi connectivity index (χ3n) is 2.17. The summed E-state index contributed by atoms with van der Waals surface area (Å²) in [5.41, 5.74) is 2.82. The molecule has 0 spiro atoms. The third-order valence-corrected chi connectivity index (χ3v) is 3.04. The molecule has 0 aliphatic heterocycles. The molecular formula is C11H9BrClNO.